The summed E-state index contributed by atoms with van der Waals surface area (Å²) in [7, 11) is 0. The summed E-state index contributed by atoms with van der Waals surface area (Å²) in [6, 6.07) is 0. The summed E-state index contributed by atoms with van der Waals surface area (Å²) in [6.07, 6.45) is 0. The number of rotatable bonds is 0. The average molecular weight is 222 g/mol. The van der Waals surface area contributed by atoms with Crippen LogP contribution in [0.25, 0.3) is 0 Å². The van der Waals surface area contributed by atoms with Crippen LogP contribution in [0.5, 0.6) is 0 Å². The molecule has 1 radical (unpaired) electrons. The minimum absolute atomic E-state index is 0. The summed E-state index contributed by atoms with van der Waals surface area (Å²) in [5.41, 5.74) is 0.500. The summed E-state index contributed by atoms with van der Waals surface area (Å²) < 4.78 is 0. The van der Waals surface area contributed by atoms with Gasteiger partial charge in [-0.2, -0.15) is 0 Å². The van der Waals surface area contributed by atoms with E-state index in [1.54, 1.807) is 0 Å². The van der Waals surface area contributed by atoms with Gasteiger partial charge in [0.15, 0.2) is 0 Å². The minimum Gasteiger partial charge on any atom is -0.358 e. The molecule has 0 saturated carbocycles. The smallest absolute Gasteiger partial charge is 0 e. The molecule has 65 valence electrons. The van der Waals surface area contributed by atoms with Gasteiger partial charge in [0.05, 0.1) is 0 Å². The molecule has 0 aromatic carbocycles. The van der Waals surface area contributed by atoms with Crippen LogP contribution in [0.15, 0.2) is 0 Å². The maximum Gasteiger partial charge on any atom is 0 e. The maximum absolute atomic E-state index is 2.19. The predicted octanol–water partition coefficient (Wildman–Crippen LogP) is 4.16. The monoisotopic (exact) mass is 222 g/mol. The van der Waals surface area contributed by atoms with Crippen molar-refractivity contribution in [2.75, 3.05) is 0 Å². The van der Waals surface area contributed by atoms with Crippen LogP contribution in [0, 0.1) is 12.8 Å². The van der Waals surface area contributed by atoms with Crippen molar-refractivity contribution >= 4 is 0 Å². The van der Waals surface area contributed by atoms with Crippen LogP contribution in [0.2, 0.25) is 0 Å². The third-order valence-electron chi connectivity index (χ3n) is 0. The van der Waals surface area contributed by atoms with E-state index >= 15 is 0 Å². The molecule has 0 atom stereocenters. The van der Waals surface area contributed by atoms with Crippen LogP contribution in [0.3, 0.4) is 0 Å². The number of hydrogen-bond donors (Lipinski definition) is 0. The van der Waals surface area contributed by atoms with E-state index in [-0.39, 0.29) is 47.6 Å². The summed E-state index contributed by atoms with van der Waals surface area (Å²) >= 11 is 0. The second kappa shape index (κ2) is 16.6. The quantitative estimate of drug-likeness (QED) is 0.540. The first-order valence-electron chi connectivity index (χ1n) is 3.00. The summed E-state index contributed by atoms with van der Waals surface area (Å²) in [4.78, 5) is 0. The van der Waals surface area contributed by atoms with Gasteiger partial charge in [-0.15, -0.1) is 0 Å². The van der Waals surface area contributed by atoms with Crippen molar-refractivity contribution in [2.24, 2.45) is 5.41 Å². The normalized spacial score (nSPS) is 6.60. The van der Waals surface area contributed by atoms with Crippen LogP contribution in [-0.2, 0) is 32.7 Å². The standard InChI is InChI=1S/C5H12.C2H6.CH4.CH3.Y/c1-5(2,3)4;1-2;;;/h1-4H3;1-2H3;1H4;1H3;/q;;;-1;. The Kier molecular flexibility index (Phi) is 50.5. The fourth-order valence-electron chi connectivity index (χ4n) is 0. The fraction of sp³-hybridized carbons (Fsp3) is 0.889. The van der Waals surface area contributed by atoms with Gasteiger partial charge in [-0.1, -0.05) is 49.0 Å². The van der Waals surface area contributed by atoms with Crippen LogP contribution >= 0.6 is 0 Å². The molecule has 0 fully saturated rings. The van der Waals surface area contributed by atoms with Crippen molar-refractivity contribution in [1.82, 2.24) is 0 Å². The Bertz CT molecular complexity index is 20.2. The van der Waals surface area contributed by atoms with E-state index in [0.29, 0.717) is 5.41 Å². The molecule has 0 aromatic rings. The van der Waals surface area contributed by atoms with Gasteiger partial charge in [-0.3, -0.25) is 0 Å². The maximum atomic E-state index is 2.19. The fourth-order valence-corrected chi connectivity index (χ4v) is 0. The van der Waals surface area contributed by atoms with Crippen molar-refractivity contribution in [3.05, 3.63) is 7.43 Å². The Balaban J connectivity index is -0.0000000154. The Labute approximate surface area is 94.1 Å². The van der Waals surface area contributed by atoms with Crippen LogP contribution in [-0.4, -0.2) is 0 Å². The molecule has 0 N–H and O–H groups in total. The van der Waals surface area contributed by atoms with Gasteiger partial charge in [0.1, 0.15) is 0 Å². The van der Waals surface area contributed by atoms with Gasteiger partial charge >= 0.3 is 0 Å². The summed E-state index contributed by atoms with van der Waals surface area (Å²) in [5.74, 6) is 0. The van der Waals surface area contributed by atoms with Gasteiger partial charge in [0.25, 0.3) is 0 Å². The molecule has 0 aliphatic rings. The molecule has 1 heteroatoms. The van der Waals surface area contributed by atoms with E-state index < -0.39 is 0 Å². The molecule has 0 aliphatic carbocycles. The number of hydrogen-bond acceptors (Lipinski definition) is 0. The van der Waals surface area contributed by atoms with Crippen molar-refractivity contribution < 1.29 is 32.7 Å². The first kappa shape index (κ1) is 30.4. The molecule has 0 unspecified atom stereocenters. The molecule has 0 heterocycles. The van der Waals surface area contributed by atoms with Crippen molar-refractivity contribution in [2.45, 2.75) is 49.0 Å². The van der Waals surface area contributed by atoms with Gasteiger partial charge in [0.2, 0.25) is 0 Å². The Hall–Kier alpha value is 1.10. The van der Waals surface area contributed by atoms with Gasteiger partial charge in [0, 0.05) is 32.7 Å². The van der Waals surface area contributed by atoms with E-state index in [0.717, 1.165) is 0 Å². The molecule has 0 spiro atoms. The molecular weight excluding hydrogens is 197 g/mol. The van der Waals surface area contributed by atoms with Crippen LogP contribution in [0.1, 0.15) is 49.0 Å². The third-order valence-corrected chi connectivity index (χ3v) is 0. The Morgan fingerprint density at radius 2 is 0.800 bits per heavy atom. The molecule has 0 rings (SSSR count). The third kappa shape index (κ3) is 491. The second-order valence-corrected chi connectivity index (χ2v) is 3.00. The van der Waals surface area contributed by atoms with E-state index in [2.05, 4.69) is 27.7 Å². The Morgan fingerprint density at radius 1 is 0.800 bits per heavy atom. The van der Waals surface area contributed by atoms with Crippen molar-refractivity contribution in [1.29, 1.82) is 0 Å². The van der Waals surface area contributed by atoms with E-state index in [1.807, 2.05) is 13.8 Å². The summed E-state index contributed by atoms with van der Waals surface area (Å²) in [5, 5.41) is 0. The van der Waals surface area contributed by atoms with Crippen molar-refractivity contribution in [3.8, 4) is 0 Å². The molecule has 0 aliphatic heterocycles. The van der Waals surface area contributed by atoms with E-state index in [1.165, 1.54) is 0 Å². The van der Waals surface area contributed by atoms with Crippen LogP contribution < -0.4 is 0 Å². The van der Waals surface area contributed by atoms with Gasteiger partial charge in [-0.05, 0) is 5.41 Å². The predicted molar refractivity (Wildman–Crippen MR) is 49.6 cm³/mol. The molecular formula is C9H25Y-. The van der Waals surface area contributed by atoms with E-state index in [4.69, 9.17) is 0 Å². The largest absolute Gasteiger partial charge is 0.358 e. The minimum atomic E-state index is 0. The van der Waals surface area contributed by atoms with Crippen LogP contribution in [0.4, 0.5) is 0 Å². The summed E-state index contributed by atoms with van der Waals surface area (Å²) in [6.45, 7) is 12.8. The van der Waals surface area contributed by atoms with Gasteiger partial charge in [-0.25, -0.2) is 0 Å². The zero-order valence-electron chi connectivity index (χ0n) is 8.08. The first-order chi connectivity index (χ1) is 3.00. The topological polar surface area (TPSA) is 0 Å². The molecule has 0 amide bonds. The molecule has 0 bridgehead atoms. The van der Waals surface area contributed by atoms with Crippen molar-refractivity contribution in [3.63, 3.8) is 0 Å². The SMILES string of the molecule is C.CC.CC(C)(C)C.[CH3-].[Y]. The molecule has 0 nitrogen and oxygen atoms in total. The van der Waals surface area contributed by atoms with E-state index in [9.17, 15) is 0 Å². The zero-order valence-corrected chi connectivity index (χ0v) is 10.9. The van der Waals surface area contributed by atoms with Gasteiger partial charge < -0.3 is 7.43 Å². The Morgan fingerprint density at radius 3 is 0.800 bits per heavy atom. The second-order valence-electron chi connectivity index (χ2n) is 3.00. The average Bonchev–Trinajstić information content (AvgIpc) is 1.36. The zero-order chi connectivity index (χ0) is 6.50. The molecule has 0 aromatic heterocycles. The molecule has 10 heavy (non-hydrogen) atoms. The molecule has 0 saturated heterocycles. The first-order valence-corrected chi connectivity index (χ1v) is 3.00.